The van der Waals surface area contributed by atoms with Crippen LogP contribution in [0.5, 0.6) is 0 Å². The summed E-state index contributed by atoms with van der Waals surface area (Å²) in [6.07, 6.45) is 0. The molecule has 0 saturated carbocycles. The van der Waals surface area contributed by atoms with Gasteiger partial charge in [0.15, 0.2) is 8.32 Å². The number of allylic oxidation sites excluding steroid dienone is 1. The fourth-order valence-corrected chi connectivity index (χ4v) is 2.55. The Morgan fingerprint density at radius 2 is 1.35 bits per heavy atom. The molecule has 0 amide bonds. The lowest BCUT2D eigenvalue weighted by molar-refractivity contribution is 0.0746. The minimum Gasteiger partial charge on any atom is -0.520 e. The molecule has 0 N–H and O–H groups in total. The number of hydrogen-bond donors (Lipinski definition) is 0. The molecule has 0 spiro atoms. The first-order valence-corrected chi connectivity index (χ1v) is 13.0. The Morgan fingerprint density at radius 1 is 0.824 bits per heavy atom. The molecule has 0 aromatic rings. The maximum Gasteiger partial charge on any atom is 0.263 e. The van der Waals surface area contributed by atoms with Gasteiger partial charge in [0, 0.05) is 5.57 Å². The third-order valence-corrected chi connectivity index (χ3v) is 3.53. The van der Waals surface area contributed by atoms with Crippen LogP contribution in [0.4, 0.5) is 0 Å². The van der Waals surface area contributed by atoms with Crippen molar-refractivity contribution in [2.45, 2.75) is 53.1 Å². The van der Waals surface area contributed by atoms with E-state index >= 15 is 0 Å². The first kappa shape index (κ1) is 16.7. The van der Waals surface area contributed by atoms with Crippen LogP contribution in [0, 0.1) is 0 Å². The SMILES string of the molecule is CC(C)=C(OCCO[Si](C)(C)C)O[Si](C)(C)C. The molecule has 0 aromatic carbocycles. The van der Waals surface area contributed by atoms with E-state index in [-0.39, 0.29) is 0 Å². The lowest BCUT2D eigenvalue weighted by Gasteiger charge is -2.24. The topological polar surface area (TPSA) is 27.7 Å². The third kappa shape index (κ3) is 10.6. The number of hydrogen-bond acceptors (Lipinski definition) is 3. The van der Waals surface area contributed by atoms with Gasteiger partial charge in [-0.25, -0.2) is 0 Å². The summed E-state index contributed by atoms with van der Waals surface area (Å²) in [6.45, 7) is 18.2. The molecule has 0 aliphatic carbocycles. The van der Waals surface area contributed by atoms with Crippen LogP contribution < -0.4 is 0 Å². The van der Waals surface area contributed by atoms with Gasteiger partial charge >= 0.3 is 0 Å². The van der Waals surface area contributed by atoms with Crippen LogP contribution in [0.2, 0.25) is 39.3 Å². The monoisotopic (exact) mass is 276 g/mol. The Morgan fingerprint density at radius 3 is 1.71 bits per heavy atom. The van der Waals surface area contributed by atoms with Crippen LogP contribution in [0.1, 0.15) is 13.8 Å². The van der Waals surface area contributed by atoms with E-state index < -0.39 is 16.6 Å². The Bertz CT molecular complexity index is 258. The average molecular weight is 277 g/mol. The molecule has 0 unspecified atom stereocenters. The van der Waals surface area contributed by atoms with Gasteiger partial charge in [-0.2, -0.15) is 0 Å². The highest BCUT2D eigenvalue weighted by Crippen LogP contribution is 2.15. The fourth-order valence-electron chi connectivity index (χ4n) is 1.04. The second kappa shape index (κ2) is 6.61. The van der Waals surface area contributed by atoms with Crippen molar-refractivity contribution >= 4 is 16.6 Å². The molecule has 0 rings (SSSR count). The van der Waals surface area contributed by atoms with E-state index in [0.717, 1.165) is 5.57 Å². The van der Waals surface area contributed by atoms with E-state index in [1.807, 2.05) is 13.8 Å². The van der Waals surface area contributed by atoms with Crippen LogP contribution in [-0.4, -0.2) is 29.8 Å². The van der Waals surface area contributed by atoms with Crippen LogP contribution in [0.3, 0.4) is 0 Å². The van der Waals surface area contributed by atoms with E-state index in [4.69, 9.17) is 13.6 Å². The molecular weight excluding hydrogens is 248 g/mol. The summed E-state index contributed by atoms with van der Waals surface area (Å²) in [5.74, 6) is 0.684. The Kier molecular flexibility index (Phi) is 6.51. The zero-order valence-electron chi connectivity index (χ0n) is 12.6. The number of rotatable bonds is 7. The molecule has 0 bridgehead atoms. The van der Waals surface area contributed by atoms with Gasteiger partial charge in [-0.15, -0.1) is 0 Å². The Labute approximate surface area is 108 Å². The summed E-state index contributed by atoms with van der Waals surface area (Å²) in [7, 11) is -3.03. The molecule has 0 fully saturated rings. The van der Waals surface area contributed by atoms with Crippen molar-refractivity contribution in [2.24, 2.45) is 0 Å². The van der Waals surface area contributed by atoms with Crippen molar-refractivity contribution in [2.75, 3.05) is 13.2 Å². The van der Waals surface area contributed by atoms with Crippen molar-refractivity contribution in [3.63, 3.8) is 0 Å². The molecular formula is C12H28O3Si2. The normalized spacial score (nSPS) is 12.2. The predicted octanol–water partition coefficient (Wildman–Crippen LogP) is 3.96. The second-order valence-corrected chi connectivity index (χ2v) is 15.3. The van der Waals surface area contributed by atoms with Gasteiger partial charge in [0.25, 0.3) is 5.95 Å². The molecule has 0 aromatic heterocycles. The van der Waals surface area contributed by atoms with Crippen molar-refractivity contribution in [1.82, 2.24) is 0 Å². The minimum atomic E-state index is -1.59. The molecule has 5 heteroatoms. The van der Waals surface area contributed by atoms with E-state index in [2.05, 4.69) is 39.3 Å². The molecule has 0 aliphatic rings. The van der Waals surface area contributed by atoms with Gasteiger partial charge in [-0.1, -0.05) is 0 Å². The van der Waals surface area contributed by atoms with Gasteiger partial charge in [-0.05, 0) is 53.1 Å². The van der Waals surface area contributed by atoms with Crippen LogP contribution in [-0.2, 0) is 13.6 Å². The molecule has 0 atom stereocenters. The van der Waals surface area contributed by atoms with Crippen LogP contribution in [0.15, 0.2) is 11.5 Å². The quantitative estimate of drug-likeness (QED) is 0.400. The summed E-state index contributed by atoms with van der Waals surface area (Å²) in [5.41, 5.74) is 1.08. The van der Waals surface area contributed by atoms with Gasteiger partial charge in [0.05, 0.1) is 6.61 Å². The standard InChI is InChI=1S/C12H28O3Si2/c1-11(2)12(15-17(6,7)8)13-9-10-14-16(3,4)5/h9-10H2,1-8H3. The van der Waals surface area contributed by atoms with E-state index in [0.29, 0.717) is 19.2 Å². The van der Waals surface area contributed by atoms with Gasteiger partial charge < -0.3 is 13.6 Å². The van der Waals surface area contributed by atoms with Crippen molar-refractivity contribution in [1.29, 1.82) is 0 Å². The van der Waals surface area contributed by atoms with Gasteiger partial charge in [0.1, 0.15) is 6.61 Å². The summed E-state index contributed by atoms with van der Waals surface area (Å²) >= 11 is 0. The molecule has 102 valence electrons. The molecule has 0 saturated heterocycles. The summed E-state index contributed by atoms with van der Waals surface area (Å²) < 4.78 is 17.3. The predicted molar refractivity (Wildman–Crippen MR) is 78.1 cm³/mol. The maximum atomic E-state index is 5.88. The zero-order valence-corrected chi connectivity index (χ0v) is 14.6. The van der Waals surface area contributed by atoms with Crippen LogP contribution >= 0.6 is 0 Å². The molecule has 0 aliphatic heterocycles. The summed E-state index contributed by atoms with van der Waals surface area (Å²) in [6, 6.07) is 0. The molecule has 3 nitrogen and oxygen atoms in total. The molecule has 17 heavy (non-hydrogen) atoms. The highest BCUT2D eigenvalue weighted by Gasteiger charge is 2.20. The maximum absolute atomic E-state index is 5.88. The largest absolute Gasteiger partial charge is 0.520 e. The minimum absolute atomic E-state index is 0.565. The lowest BCUT2D eigenvalue weighted by Crippen LogP contribution is -2.29. The van der Waals surface area contributed by atoms with Gasteiger partial charge in [-0.3, -0.25) is 0 Å². The first-order valence-electron chi connectivity index (χ1n) is 6.14. The second-order valence-electron chi connectivity index (χ2n) is 6.31. The summed E-state index contributed by atoms with van der Waals surface area (Å²) in [4.78, 5) is 0. The van der Waals surface area contributed by atoms with Crippen molar-refractivity contribution in [3.8, 4) is 0 Å². The van der Waals surface area contributed by atoms with Crippen LogP contribution in [0.25, 0.3) is 0 Å². The van der Waals surface area contributed by atoms with Crippen molar-refractivity contribution in [3.05, 3.63) is 11.5 Å². The highest BCUT2D eigenvalue weighted by molar-refractivity contribution is 6.70. The molecule has 0 heterocycles. The van der Waals surface area contributed by atoms with Gasteiger partial charge in [0.2, 0.25) is 8.32 Å². The summed E-state index contributed by atoms with van der Waals surface area (Å²) in [5, 5.41) is 0. The Hall–Kier alpha value is -0.266. The van der Waals surface area contributed by atoms with E-state index in [1.54, 1.807) is 0 Å². The fraction of sp³-hybridized carbons (Fsp3) is 0.833. The number of ether oxygens (including phenoxy) is 1. The lowest BCUT2D eigenvalue weighted by atomic mass is 10.4. The smallest absolute Gasteiger partial charge is 0.263 e. The van der Waals surface area contributed by atoms with E-state index in [1.165, 1.54) is 0 Å². The molecule has 0 radical (unpaired) electrons. The first-order chi connectivity index (χ1) is 7.51. The van der Waals surface area contributed by atoms with E-state index in [9.17, 15) is 0 Å². The average Bonchev–Trinajstić information content (AvgIpc) is 2.06. The third-order valence-electron chi connectivity index (χ3n) is 1.66. The van der Waals surface area contributed by atoms with Crippen molar-refractivity contribution < 1.29 is 13.6 Å². The highest BCUT2D eigenvalue weighted by atomic mass is 28.4. The zero-order chi connectivity index (χ0) is 13.7. The Balaban J connectivity index is 4.10.